The molecular formula is C17H22FNO3S. The maximum absolute atomic E-state index is 13.1. The van der Waals surface area contributed by atoms with E-state index in [9.17, 15) is 17.6 Å². The smallest absolute Gasteiger partial charge is 0.220 e. The second-order valence-electron chi connectivity index (χ2n) is 6.76. The monoisotopic (exact) mass is 339 g/mol. The fourth-order valence-electron chi connectivity index (χ4n) is 3.44. The predicted octanol–water partition coefficient (Wildman–Crippen LogP) is 2.61. The molecule has 2 aliphatic rings. The van der Waals surface area contributed by atoms with E-state index in [2.05, 4.69) is 5.32 Å². The number of sulfone groups is 1. The quantitative estimate of drug-likeness (QED) is 0.897. The molecule has 126 valence electrons. The van der Waals surface area contributed by atoms with Crippen LogP contribution in [-0.2, 0) is 14.6 Å². The van der Waals surface area contributed by atoms with Crippen molar-refractivity contribution in [2.45, 2.75) is 38.1 Å². The van der Waals surface area contributed by atoms with Gasteiger partial charge >= 0.3 is 0 Å². The molecule has 2 atom stereocenters. The molecule has 0 unspecified atom stereocenters. The van der Waals surface area contributed by atoms with Gasteiger partial charge in [-0.05, 0) is 48.8 Å². The minimum atomic E-state index is -2.96. The van der Waals surface area contributed by atoms with Crippen LogP contribution in [0.2, 0.25) is 0 Å². The summed E-state index contributed by atoms with van der Waals surface area (Å²) in [5, 5.41) is 3.05. The van der Waals surface area contributed by atoms with E-state index in [1.165, 1.54) is 12.1 Å². The van der Waals surface area contributed by atoms with Crippen molar-refractivity contribution in [1.82, 2.24) is 5.32 Å². The molecule has 1 aliphatic heterocycles. The maximum atomic E-state index is 13.1. The van der Waals surface area contributed by atoms with Crippen molar-refractivity contribution in [3.05, 3.63) is 35.6 Å². The van der Waals surface area contributed by atoms with E-state index >= 15 is 0 Å². The molecule has 0 aromatic heterocycles. The SMILES string of the molecule is O=C(C[C@H]1CCS(=O)(=O)C1)N[C@@H](c1ccc(F)cc1)C1CCC1. The fourth-order valence-corrected chi connectivity index (χ4v) is 5.31. The highest BCUT2D eigenvalue weighted by Gasteiger charge is 2.32. The van der Waals surface area contributed by atoms with Gasteiger partial charge in [-0.1, -0.05) is 18.6 Å². The molecule has 2 fully saturated rings. The molecular weight excluding hydrogens is 317 g/mol. The molecule has 0 bridgehead atoms. The number of benzene rings is 1. The van der Waals surface area contributed by atoms with Gasteiger partial charge in [-0.15, -0.1) is 0 Å². The molecule has 1 aromatic carbocycles. The van der Waals surface area contributed by atoms with Gasteiger partial charge in [0.1, 0.15) is 5.82 Å². The van der Waals surface area contributed by atoms with Crippen molar-refractivity contribution in [1.29, 1.82) is 0 Å². The number of amides is 1. The topological polar surface area (TPSA) is 63.2 Å². The second kappa shape index (κ2) is 6.59. The Bertz CT molecular complexity index is 668. The third-order valence-corrected chi connectivity index (χ3v) is 6.80. The molecule has 3 rings (SSSR count). The van der Waals surface area contributed by atoms with Gasteiger partial charge in [-0.25, -0.2) is 12.8 Å². The first-order chi connectivity index (χ1) is 10.9. The maximum Gasteiger partial charge on any atom is 0.220 e. The molecule has 1 aliphatic carbocycles. The van der Waals surface area contributed by atoms with E-state index in [-0.39, 0.29) is 41.6 Å². The molecule has 0 radical (unpaired) electrons. The van der Waals surface area contributed by atoms with Crippen LogP contribution < -0.4 is 5.32 Å². The molecule has 1 saturated heterocycles. The normalized spacial score (nSPS) is 24.8. The minimum Gasteiger partial charge on any atom is -0.349 e. The van der Waals surface area contributed by atoms with Gasteiger partial charge in [-0.3, -0.25) is 4.79 Å². The number of halogens is 1. The van der Waals surface area contributed by atoms with Crippen molar-refractivity contribution >= 4 is 15.7 Å². The van der Waals surface area contributed by atoms with E-state index in [1.807, 2.05) is 0 Å². The average Bonchev–Trinajstić information content (AvgIpc) is 2.76. The van der Waals surface area contributed by atoms with Crippen LogP contribution in [0.3, 0.4) is 0 Å². The first-order valence-corrected chi connectivity index (χ1v) is 10.0. The number of hydrogen-bond donors (Lipinski definition) is 1. The Balaban J connectivity index is 1.64. The van der Waals surface area contributed by atoms with Gasteiger partial charge in [-0.2, -0.15) is 0 Å². The van der Waals surface area contributed by atoms with Crippen LogP contribution in [0.15, 0.2) is 24.3 Å². The third-order valence-electron chi connectivity index (χ3n) is 4.97. The van der Waals surface area contributed by atoms with Crippen LogP contribution in [0.1, 0.15) is 43.7 Å². The van der Waals surface area contributed by atoms with Gasteiger partial charge in [0.2, 0.25) is 5.91 Å². The standard InChI is InChI=1S/C17H22FNO3S/c18-15-6-4-14(5-7-15)17(13-2-1-3-13)19-16(20)10-12-8-9-23(21,22)11-12/h4-7,12-13,17H,1-3,8-11H2,(H,19,20)/t12-,17-/m1/s1. The van der Waals surface area contributed by atoms with Crippen LogP contribution >= 0.6 is 0 Å². The molecule has 1 heterocycles. The Kier molecular flexibility index (Phi) is 4.71. The number of carbonyl (C=O) groups is 1. The summed E-state index contributed by atoms with van der Waals surface area (Å²) in [4.78, 5) is 12.3. The molecule has 1 N–H and O–H groups in total. The van der Waals surface area contributed by atoms with E-state index in [1.54, 1.807) is 12.1 Å². The van der Waals surface area contributed by atoms with Crippen molar-refractivity contribution in [2.75, 3.05) is 11.5 Å². The summed E-state index contributed by atoms with van der Waals surface area (Å²) in [6.45, 7) is 0. The highest BCUT2D eigenvalue weighted by Crippen LogP contribution is 2.38. The Morgan fingerprint density at radius 3 is 2.43 bits per heavy atom. The lowest BCUT2D eigenvalue weighted by atomic mass is 9.77. The zero-order valence-electron chi connectivity index (χ0n) is 13.0. The first kappa shape index (κ1) is 16.4. The summed E-state index contributed by atoms with van der Waals surface area (Å²) < 4.78 is 36.1. The van der Waals surface area contributed by atoms with Crippen LogP contribution in [0, 0.1) is 17.7 Å². The summed E-state index contributed by atoms with van der Waals surface area (Å²) in [7, 11) is -2.96. The van der Waals surface area contributed by atoms with Crippen LogP contribution in [0.4, 0.5) is 4.39 Å². The van der Waals surface area contributed by atoms with Crippen molar-refractivity contribution in [3.63, 3.8) is 0 Å². The number of nitrogens with one attached hydrogen (secondary N) is 1. The van der Waals surface area contributed by atoms with Crippen molar-refractivity contribution in [3.8, 4) is 0 Å². The van der Waals surface area contributed by atoms with E-state index in [0.29, 0.717) is 12.3 Å². The third kappa shape index (κ3) is 4.10. The van der Waals surface area contributed by atoms with E-state index < -0.39 is 9.84 Å². The van der Waals surface area contributed by atoms with Crippen LogP contribution in [-0.4, -0.2) is 25.8 Å². The number of rotatable bonds is 5. The summed E-state index contributed by atoms with van der Waals surface area (Å²) in [6.07, 6.45) is 4.09. The van der Waals surface area contributed by atoms with E-state index in [4.69, 9.17) is 0 Å². The van der Waals surface area contributed by atoms with Gasteiger partial charge in [0.05, 0.1) is 17.5 Å². The molecule has 4 nitrogen and oxygen atoms in total. The highest BCUT2D eigenvalue weighted by atomic mass is 32.2. The van der Waals surface area contributed by atoms with Crippen LogP contribution in [0.5, 0.6) is 0 Å². The summed E-state index contributed by atoms with van der Waals surface area (Å²) >= 11 is 0. The summed E-state index contributed by atoms with van der Waals surface area (Å²) in [5.74, 6) is 0.226. The fraction of sp³-hybridized carbons (Fsp3) is 0.588. The summed E-state index contributed by atoms with van der Waals surface area (Å²) in [6, 6.07) is 6.17. The summed E-state index contributed by atoms with van der Waals surface area (Å²) in [5.41, 5.74) is 0.920. The number of carbonyl (C=O) groups excluding carboxylic acids is 1. The molecule has 1 aromatic rings. The zero-order valence-corrected chi connectivity index (χ0v) is 13.8. The van der Waals surface area contributed by atoms with Crippen molar-refractivity contribution < 1.29 is 17.6 Å². The molecule has 1 saturated carbocycles. The first-order valence-electron chi connectivity index (χ1n) is 8.18. The van der Waals surface area contributed by atoms with Gasteiger partial charge in [0.25, 0.3) is 0 Å². The average molecular weight is 339 g/mol. The Morgan fingerprint density at radius 1 is 1.22 bits per heavy atom. The molecule has 6 heteroatoms. The van der Waals surface area contributed by atoms with Gasteiger partial charge < -0.3 is 5.32 Å². The van der Waals surface area contributed by atoms with Gasteiger partial charge in [0, 0.05) is 6.42 Å². The minimum absolute atomic E-state index is 0.0738. The molecule has 1 amide bonds. The second-order valence-corrected chi connectivity index (χ2v) is 8.99. The lowest BCUT2D eigenvalue weighted by molar-refractivity contribution is -0.123. The van der Waals surface area contributed by atoms with E-state index in [0.717, 1.165) is 24.8 Å². The lowest BCUT2D eigenvalue weighted by Gasteiger charge is -2.35. The molecule has 23 heavy (non-hydrogen) atoms. The van der Waals surface area contributed by atoms with Crippen LogP contribution in [0.25, 0.3) is 0 Å². The van der Waals surface area contributed by atoms with Crippen molar-refractivity contribution in [2.24, 2.45) is 11.8 Å². The van der Waals surface area contributed by atoms with Gasteiger partial charge in [0.15, 0.2) is 9.84 Å². The predicted molar refractivity (Wildman–Crippen MR) is 86.0 cm³/mol. The Labute approximate surface area is 136 Å². The zero-order chi connectivity index (χ0) is 16.4. The Hall–Kier alpha value is -1.43. The highest BCUT2D eigenvalue weighted by molar-refractivity contribution is 7.91. The molecule has 0 spiro atoms. The lowest BCUT2D eigenvalue weighted by Crippen LogP contribution is -2.37. The number of hydrogen-bond acceptors (Lipinski definition) is 3. The Morgan fingerprint density at radius 2 is 1.91 bits per heavy atom. The largest absolute Gasteiger partial charge is 0.349 e.